The Morgan fingerprint density at radius 1 is 1.05 bits per heavy atom. The van der Waals surface area contributed by atoms with Crippen molar-refractivity contribution in [2.75, 3.05) is 25.5 Å². The largest absolute Gasteiger partial charge is 0.457 e. The van der Waals surface area contributed by atoms with Crippen LogP contribution >= 0.6 is 0 Å². The van der Waals surface area contributed by atoms with Gasteiger partial charge in [0.1, 0.15) is 11.5 Å². The smallest absolute Gasteiger partial charge is 0.129 e. The van der Waals surface area contributed by atoms with Gasteiger partial charge >= 0.3 is 0 Å². The molecule has 0 aliphatic rings. The number of hydrogen-bond acceptors (Lipinski definition) is 3. The first-order valence-corrected chi connectivity index (χ1v) is 6.85. The van der Waals surface area contributed by atoms with Crippen molar-refractivity contribution in [3.05, 3.63) is 53.6 Å². The molecule has 0 heterocycles. The number of hydrogen-bond donors (Lipinski definition) is 1. The predicted octanol–water partition coefficient (Wildman–Crippen LogP) is 3.35. The molecular weight excluding hydrogens is 248 g/mol. The van der Waals surface area contributed by atoms with Gasteiger partial charge in [-0.2, -0.15) is 0 Å². The molecule has 20 heavy (non-hydrogen) atoms. The van der Waals surface area contributed by atoms with Crippen molar-refractivity contribution in [1.82, 2.24) is 0 Å². The van der Waals surface area contributed by atoms with E-state index in [2.05, 4.69) is 30.0 Å². The van der Waals surface area contributed by atoms with Crippen LogP contribution in [0.3, 0.4) is 0 Å². The van der Waals surface area contributed by atoms with Crippen LogP contribution in [-0.4, -0.2) is 20.6 Å². The van der Waals surface area contributed by atoms with E-state index >= 15 is 0 Å². The Hall–Kier alpha value is -2.00. The molecule has 2 rings (SSSR count). The minimum absolute atomic E-state index is 0.673. The molecule has 0 fully saturated rings. The summed E-state index contributed by atoms with van der Waals surface area (Å²) in [7, 11) is 4.04. The van der Waals surface area contributed by atoms with E-state index in [4.69, 9.17) is 10.5 Å². The maximum atomic E-state index is 5.93. The molecule has 3 heteroatoms. The highest BCUT2D eigenvalue weighted by atomic mass is 16.5. The van der Waals surface area contributed by atoms with E-state index in [-0.39, 0.29) is 0 Å². The van der Waals surface area contributed by atoms with E-state index in [0.29, 0.717) is 6.54 Å². The third kappa shape index (κ3) is 3.52. The monoisotopic (exact) mass is 270 g/mol. The van der Waals surface area contributed by atoms with E-state index in [1.165, 1.54) is 11.1 Å². The van der Waals surface area contributed by atoms with Crippen molar-refractivity contribution in [3.63, 3.8) is 0 Å². The first kappa shape index (κ1) is 14.4. The number of aryl methyl sites for hydroxylation is 1. The number of anilines is 1. The summed E-state index contributed by atoms with van der Waals surface area (Å²) < 4.78 is 5.93. The highest BCUT2D eigenvalue weighted by Gasteiger charge is 2.03. The van der Waals surface area contributed by atoms with Crippen LogP contribution in [0, 0.1) is 6.92 Å². The standard InChI is InChI=1S/C17H22N2O/c1-13-11-17(8-7-14(13)9-10-18)20-16-6-4-5-15(12-16)19(2)3/h4-8,11-12H,9-10,18H2,1-3H3. The highest BCUT2D eigenvalue weighted by Crippen LogP contribution is 2.26. The van der Waals surface area contributed by atoms with E-state index in [0.717, 1.165) is 23.6 Å². The lowest BCUT2D eigenvalue weighted by Gasteiger charge is -2.14. The van der Waals surface area contributed by atoms with Gasteiger partial charge in [-0.05, 0) is 55.3 Å². The molecule has 0 amide bonds. The first-order valence-electron chi connectivity index (χ1n) is 6.85. The molecule has 0 bridgehead atoms. The Morgan fingerprint density at radius 2 is 1.80 bits per heavy atom. The summed E-state index contributed by atoms with van der Waals surface area (Å²) in [5.41, 5.74) is 9.22. The van der Waals surface area contributed by atoms with Gasteiger partial charge in [-0.1, -0.05) is 12.1 Å². The molecule has 0 atom stereocenters. The van der Waals surface area contributed by atoms with Crippen molar-refractivity contribution in [2.45, 2.75) is 13.3 Å². The zero-order chi connectivity index (χ0) is 14.5. The fourth-order valence-electron chi connectivity index (χ4n) is 2.13. The van der Waals surface area contributed by atoms with E-state index in [1.807, 2.05) is 38.4 Å². The molecule has 0 spiro atoms. The fourth-order valence-corrected chi connectivity index (χ4v) is 2.13. The topological polar surface area (TPSA) is 38.5 Å². The Labute approximate surface area is 121 Å². The molecule has 3 nitrogen and oxygen atoms in total. The van der Waals surface area contributed by atoms with Gasteiger partial charge < -0.3 is 15.4 Å². The van der Waals surface area contributed by atoms with E-state index in [1.54, 1.807) is 0 Å². The zero-order valence-corrected chi connectivity index (χ0v) is 12.4. The lowest BCUT2D eigenvalue weighted by molar-refractivity contribution is 0.482. The number of rotatable bonds is 5. The van der Waals surface area contributed by atoms with E-state index in [9.17, 15) is 0 Å². The average molecular weight is 270 g/mol. The SMILES string of the molecule is Cc1cc(Oc2cccc(N(C)C)c2)ccc1CCN. The summed E-state index contributed by atoms with van der Waals surface area (Å²) in [6, 6.07) is 14.2. The van der Waals surface area contributed by atoms with Crippen molar-refractivity contribution in [2.24, 2.45) is 5.73 Å². The van der Waals surface area contributed by atoms with Crippen molar-refractivity contribution in [3.8, 4) is 11.5 Å². The number of nitrogens with two attached hydrogens (primary N) is 1. The second-order valence-electron chi connectivity index (χ2n) is 5.12. The van der Waals surface area contributed by atoms with Crippen LogP contribution in [0.4, 0.5) is 5.69 Å². The molecule has 0 radical (unpaired) electrons. The molecule has 0 aliphatic carbocycles. The highest BCUT2D eigenvalue weighted by molar-refractivity contribution is 5.50. The third-order valence-corrected chi connectivity index (χ3v) is 3.30. The average Bonchev–Trinajstić information content (AvgIpc) is 2.42. The molecule has 0 saturated heterocycles. The van der Waals surface area contributed by atoms with Crippen molar-refractivity contribution in [1.29, 1.82) is 0 Å². The molecule has 0 unspecified atom stereocenters. The molecular formula is C17H22N2O. The van der Waals surface area contributed by atoms with Crippen LogP contribution in [0.15, 0.2) is 42.5 Å². The number of nitrogens with zero attached hydrogens (tertiary/aromatic N) is 1. The van der Waals surface area contributed by atoms with Gasteiger partial charge in [0, 0.05) is 25.8 Å². The Morgan fingerprint density at radius 3 is 2.45 bits per heavy atom. The van der Waals surface area contributed by atoms with Crippen molar-refractivity contribution < 1.29 is 4.74 Å². The van der Waals surface area contributed by atoms with Crippen LogP contribution in [0.1, 0.15) is 11.1 Å². The van der Waals surface area contributed by atoms with Crippen LogP contribution in [0.2, 0.25) is 0 Å². The summed E-state index contributed by atoms with van der Waals surface area (Å²) in [4.78, 5) is 2.06. The lowest BCUT2D eigenvalue weighted by Crippen LogP contribution is -2.08. The fraction of sp³-hybridized carbons (Fsp3) is 0.294. The van der Waals surface area contributed by atoms with Gasteiger partial charge in [0.2, 0.25) is 0 Å². The zero-order valence-electron chi connectivity index (χ0n) is 12.4. The Balaban J connectivity index is 2.17. The molecule has 0 aliphatic heterocycles. The number of benzene rings is 2. The predicted molar refractivity (Wildman–Crippen MR) is 84.8 cm³/mol. The number of ether oxygens (including phenoxy) is 1. The first-order chi connectivity index (χ1) is 9.60. The van der Waals surface area contributed by atoms with Crippen LogP contribution in [-0.2, 0) is 6.42 Å². The summed E-state index contributed by atoms with van der Waals surface area (Å²) in [6.07, 6.45) is 0.905. The second kappa shape index (κ2) is 6.44. The molecule has 2 aromatic carbocycles. The Kier molecular flexibility index (Phi) is 4.64. The maximum absolute atomic E-state index is 5.93. The minimum atomic E-state index is 0.673. The van der Waals surface area contributed by atoms with Gasteiger partial charge in [0.05, 0.1) is 0 Å². The normalized spacial score (nSPS) is 10.4. The molecule has 0 aromatic heterocycles. The van der Waals surface area contributed by atoms with Crippen LogP contribution < -0.4 is 15.4 Å². The molecule has 2 aromatic rings. The third-order valence-electron chi connectivity index (χ3n) is 3.30. The van der Waals surface area contributed by atoms with Gasteiger partial charge in [0.15, 0.2) is 0 Å². The minimum Gasteiger partial charge on any atom is -0.457 e. The summed E-state index contributed by atoms with van der Waals surface area (Å²) in [5, 5.41) is 0. The Bertz CT molecular complexity index is 579. The molecule has 2 N–H and O–H groups in total. The van der Waals surface area contributed by atoms with Gasteiger partial charge in [-0.25, -0.2) is 0 Å². The summed E-state index contributed by atoms with van der Waals surface area (Å²) >= 11 is 0. The van der Waals surface area contributed by atoms with Gasteiger partial charge in [0.25, 0.3) is 0 Å². The summed E-state index contributed by atoms with van der Waals surface area (Å²) in [6.45, 7) is 2.76. The molecule has 106 valence electrons. The lowest BCUT2D eigenvalue weighted by atomic mass is 10.1. The maximum Gasteiger partial charge on any atom is 0.129 e. The van der Waals surface area contributed by atoms with Gasteiger partial charge in [-0.15, -0.1) is 0 Å². The summed E-state index contributed by atoms with van der Waals surface area (Å²) in [5.74, 6) is 1.71. The van der Waals surface area contributed by atoms with Crippen LogP contribution in [0.25, 0.3) is 0 Å². The van der Waals surface area contributed by atoms with E-state index < -0.39 is 0 Å². The quantitative estimate of drug-likeness (QED) is 0.905. The molecule has 0 saturated carbocycles. The van der Waals surface area contributed by atoms with Crippen molar-refractivity contribution >= 4 is 5.69 Å². The van der Waals surface area contributed by atoms with Crippen LogP contribution in [0.5, 0.6) is 11.5 Å². The second-order valence-corrected chi connectivity index (χ2v) is 5.12. The van der Waals surface area contributed by atoms with Gasteiger partial charge in [-0.3, -0.25) is 0 Å².